The minimum absolute atomic E-state index is 0.155. The van der Waals surface area contributed by atoms with E-state index in [0.717, 1.165) is 31.5 Å². The number of amides is 2. The third-order valence-corrected chi connectivity index (χ3v) is 7.76. The molecule has 5 atom stereocenters. The Morgan fingerprint density at radius 1 is 1.13 bits per heavy atom. The van der Waals surface area contributed by atoms with E-state index in [0.29, 0.717) is 17.9 Å². The van der Waals surface area contributed by atoms with Crippen molar-refractivity contribution in [1.29, 1.82) is 0 Å². The topological polar surface area (TPSA) is 61.9 Å². The van der Waals surface area contributed by atoms with Crippen molar-refractivity contribution in [3.8, 4) is 0 Å². The van der Waals surface area contributed by atoms with Crippen molar-refractivity contribution in [2.45, 2.75) is 56.7 Å². The summed E-state index contributed by atoms with van der Waals surface area (Å²) in [4.78, 5) is 30.6. The predicted molar refractivity (Wildman–Crippen MR) is 118 cm³/mol. The number of carbonyl (C=O) groups is 2. The second-order valence-corrected chi connectivity index (χ2v) is 9.52. The Balaban J connectivity index is 1.38. The number of fused-ring (bicyclic) bond motifs is 6. The predicted octanol–water partition coefficient (Wildman–Crippen LogP) is 3.51. The van der Waals surface area contributed by atoms with E-state index >= 15 is 0 Å². The van der Waals surface area contributed by atoms with E-state index in [2.05, 4.69) is 16.3 Å². The number of urea groups is 1. The molecule has 166 valence electrons. The largest absolute Gasteiger partial charge is 0.467 e. The zero-order valence-electron chi connectivity index (χ0n) is 18.3. The van der Waals surface area contributed by atoms with Crippen LogP contribution in [0.25, 0.3) is 0 Å². The lowest BCUT2D eigenvalue weighted by molar-refractivity contribution is -0.143. The highest BCUT2D eigenvalue weighted by molar-refractivity contribution is 5.85. The maximum atomic E-state index is 13.5. The Morgan fingerprint density at radius 2 is 1.97 bits per heavy atom. The van der Waals surface area contributed by atoms with Crippen LogP contribution in [0.1, 0.15) is 50.1 Å². The molecule has 0 saturated carbocycles. The van der Waals surface area contributed by atoms with Crippen LogP contribution in [0.15, 0.2) is 42.0 Å². The van der Waals surface area contributed by atoms with Gasteiger partial charge in [-0.2, -0.15) is 0 Å². The van der Waals surface area contributed by atoms with Crippen LogP contribution >= 0.6 is 0 Å². The lowest BCUT2D eigenvalue weighted by Gasteiger charge is -2.54. The number of nitrogens with zero attached hydrogens (tertiary/aromatic N) is 2. The van der Waals surface area contributed by atoms with Crippen molar-refractivity contribution in [2.24, 2.45) is 11.8 Å². The molecule has 0 radical (unpaired) electrons. The quantitative estimate of drug-likeness (QED) is 0.597. The number of hydrogen-bond donors (Lipinski definition) is 1. The number of esters is 1. The summed E-state index contributed by atoms with van der Waals surface area (Å²) in [6, 6.07) is 9.26. The van der Waals surface area contributed by atoms with Gasteiger partial charge in [-0.3, -0.25) is 4.90 Å². The summed E-state index contributed by atoms with van der Waals surface area (Å²) in [5.41, 5.74) is 2.19. The van der Waals surface area contributed by atoms with Crippen LogP contribution in [0.4, 0.5) is 4.79 Å². The van der Waals surface area contributed by atoms with Gasteiger partial charge in [-0.05, 0) is 56.0 Å². The molecule has 1 N–H and O–H groups in total. The average Bonchev–Trinajstić information content (AvgIpc) is 2.82. The molecule has 1 aliphatic carbocycles. The van der Waals surface area contributed by atoms with Gasteiger partial charge in [-0.15, -0.1) is 0 Å². The molecule has 3 heterocycles. The second-order valence-electron chi connectivity index (χ2n) is 9.52. The molecule has 3 saturated heterocycles. The number of rotatable bonds is 3. The lowest BCUT2D eigenvalue weighted by atomic mass is 9.68. The molecule has 2 amide bonds. The summed E-state index contributed by atoms with van der Waals surface area (Å²) in [6.07, 6.45) is 9.71. The van der Waals surface area contributed by atoms with Crippen LogP contribution in [0.2, 0.25) is 0 Å². The van der Waals surface area contributed by atoms with Gasteiger partial charge in [0.2, 0.25) is 0 Å². The summed E-state index contributed by atoms with van der Waals surface area (Å²) in [5, 5.41) is 2.99. The third kappa shape index (κ3) is 3.86. The number of likely N-dealkylation sites (tertiary alicyclic amines) is 1. The first-order chi connectivity index (χ1) is 15.2. The minimum atomic E-state index is -0.790. The van der Waals surface area contributed by atoms with Crippen molar-refractivity contribution in [2.75, 3.05) is 26.7 Å². The lowest BCUT2D eigenvalue weighted by Crippen LogP contribution is -2.61. The van der Waals surface area contributed by atoms with Crippen LogP contribution in [0.5, 0.6) is 0 Å². The first kappa shape index (κ1) is 20.6. The van der Waals surface area contributed by atoms with Crippen molar-refractivity contribution < 1.29 is 14.3 Å². The molecule has 0 spiro atoms. The van der Waals surface area contributed by atoms with E-state index in [9.17, 15) is 9.59 Å². The highest BCUT2D eigenvalue weighted by Gasteiger charge is 2.47. The summed E-state index contributed by atoms with van der Waals surface area (Å²) in [7, 11) is 1.37. The normalized spacial score (nSPS) is 31.0. The zero-order valence-corrected chi connectivity index (χ0v) is 18.3. The zero-order chi connectivity index (χ0) is 21.4. The van der Waals surface area contributed by atoms with Gasteiger partial charge in [0.25, 0.3) is 0 Å². The van der Waals surface area contributed by atoms with Gasteiger partial charge in [0, 0.05) is 19.1 Å². The molecule has 0 aromatic heterocycles. The van der Waals surface area contributed by atoms with Gasteiger partial charge in [-0.25, -0.2) is 9.59 Å². The maximum Gasteiger partial charge on any atom is 0.333 e. The molecule has 4 aliphatic rings. The Kier molecular flexibility index (Phi) is 5.74. The molecule has 6 nitrogen and oxygen atoms in total. The number of piperidine rings is 3. The summed E-state index contributed by atoms with van der Waals surface area (Å²) in [6.45, 7) is 3.02. The van der Waals surface area contributed by atoms with Gasteiger partial charge < -0.3 is 15.0 Å². The van der Waals surface area contributed by atoms with E-state index in [1.165, 1.54) is 44.9 Å². The number of methoxy groups -OCH3 is 1. The average molecular weight is 424 g/mol. The smallest absolute Gasteiger partial charge is 0.333 e. The van der Waals surface area contributed by atoms with E-state index in [1.807, 2.05) is 35.2 Å². The molecule has 2 bridgehead atoms. The summed E-state index contributed by atoms with van der Waals surface area (Å²) in [5.74, 6) is 0.684. The van der Waals surface area contributed by atoms with Gasteiger partial charge in [0.05, 0.1) is 13.2 Å². The van der Waals surface area contributed by atoms with Gasteiger partial charge in [0.15, 0.2) is 6.04 Å². The first-order valence-electron chi connectivity index (χ1n) is 11.8. The monoisotopic (exact) mass is 423 g/mol. The van der Waals surface area contributed by atoms with E-state index < -0.39 is 12.0 Å². The number of nitrogens with one attached hydrogen (secondary N) is 1. The van der Waals surface area contributed by atoms with E-state index in [4.69, 9.17) is 4.74 Å². The van der Waals surface area contributed by atoms with Crippen LogP contribution in [-0.2, 0) is 9.53 Å². The van der Waals surface area contributed by atoms with Crippen molar-refractivity contribution in [1.82, 2.24) is 15.1 Å². The van der Waals surface area contributed by atoms with Crippen molar-refractivity contribution >= 4 is 12.0 Å². The molecular formula is C25H33N3O3. The summed E-state index contributed by atoms with van der Waals surface area (Å²) < 4.78 is 5.00. The Labute approximate surface area is 184 Å². The fourth-order valence-corrected chi connectivity index (χ4v) is 6.45. The van der Waals surface area contributed by atoms with Crippen molar-refractivity contribution in [3.63, 3.8) is 0 Å². The molecule has 3 fully saturated rings. The Morgan fingerprint density at radius 3 is 2.77 bits per heavy atom. The van der Waals surface area contributed by atoms with Crippen LogP contribution in [-0.4, -0.2) is 60.6 Å². The molecule has 0 unspecified atom stereocenters. The molecule has 1 aromatic rings. The Hall–Kier alpha value is -2.34. The summed E-state index contributed by atoms with van der Waals surface area (Å²) >= 11 is 0. The highest BCUT2D eigenvalue weighted by Crippen LogP contribution is 2.45. The van der Waals surface area contributed by atoms with E-state index in [1.54, 1.807) is 0 Å². The van der Waals surface area contributed by atoms with Crippen LogP contribution in [0, 0.1) is 11.8 Å². The molecule has 5 rings (SSSR count). The number of hydrogen-bond acceptors (Lipinski definition) is 4. The van der Waals surface area contributed by atoms with Crippen LogP contribution < -0.4 is 5.32 Å². The molecule has 6 heteroatoms. The fourth-order valence-electron chi connectivity index (χ4n) is 6.45. The highest BCUT2D eigenvalue weighted by atomic mass is 16.5. The Bertz CT molecular complexity index is 855. The van der Waals surface area contributed by atoms with E-state index in [-0.39, 0.29) is 12.1 Å². The fraction of sp³-hybridized carbons (Fsp3) is 0.600. The molecule has 1 aromatic carbocycles. The van der Waals surface area contributed by atoms with Gasteiger partial charge in [0.1, 0.15) is 0 Å². The van der Waals surface area contributed by atoms with Crippen LogP contribution in [0.3, 0.4) is 0 Å². The second kappa shape index (κ2) is 8.65. The third-order valence-electron chi connectivity index (χ3n) is 7.76. The number of benzene rings is 1. The molecule has 31 heavy (non-hydrogen) atoms. The SMILES string of the molecule is COC(=O)[C@@H](NC(=O)N1CCCC2=C[C@@H]3C[C@H](CN4CCCC[C@H]34)[C@@H]21)c1ccccc1. The molecule has 3 aliphatic heterocycles. The number of ether oxygens (including phenoxy) is 1. The standard InChI is InChI=1S/C25H33N3O3/c1-31-24(29)22(17-8-3-2-4-9-17)26-25(30)28-13-7-10-18-14-19-15-20(23(18)28)16-27-12-6-5-11-21(19)27/h2-4,8-9,14,19-23H,5-7,10-13,15-16H2,1H3,(H,26,30)/t19-,20-,21-,22+,23-/m1/s1. The minimum Gasteiger partial charge on any atom is -0.467 e. The van der Waals surface area contributed by atoms with Gasteiger partial charge in [-0.1, -0.05) is 48.4 Å². The number of carbonyl (C=O) groups excluding carboxylic acids is 2. The van der Waals surface area contributed by atoms with Crippen molar-refractivity contribution in [3.05, 3.63) is 47.5 Å². The first-order valence-corrected chi connectivity index (χ1v) is 11.8. The van der Waals surface area contributed by atoms with Gasteiger partial charge >= 0.3 is 12.0 Å². The maximum absolute atomic E-state index is 13.5. The molecular weight excluding hydrogens is 390 g/mol.